The van der Waals surface area contributed by atoms with E-state index < -0.39 is 6.09 Å². The summed E-state index contributed by atoms with van der Waals surface area (Å²) in [6.45, 7) is 8.81. The van der Waals surface area contributed by atoms with Crippen molar-refractivity contribution in [2.24, 2.45) is 7.05 Å². The first-order valence-corrected chi connectivity index (χ1v) is 19.6. The minimum absolute atomic E-state index is 0.0681. The lowest BCUT2D eigenvalue weighted by atomic mass is 9.89. The molecule has 8 rings (SSSR count). The van der Waals surface area contributed by atoms with Crippen LogP contribution in [0, 0.1) is 13.8 Å². The largest absolute Gasteiger partial charge is 0.508 e. The molecule has 4 heterocycles. The number of carbonyl (C=O) groups excluding carboxylic acids is 3. The van der Waals surface area contributed by atoms with Gasteiger partial charge < -0.3 is 33.8 Å². The maximum atomic E-state index is 15.4. The number of morpholine rings is 1. The molecule has 0 saturated carbocycles. The molecule has 0 aliphatic carbocycles. The number of aromatic nitrogens is 1. The van der Waals surface area contributed by atoms with Gasteiger partial charge in [0.2, 0.25) is 0 Å². The Hall–Kier alpha value is -5.91. The highest BCUT2D eigenvalue weighted by Gasteiger charge is 2.35. The van der Waals surface area contributed by atoms with E-state index in [1.165, 1.54) is 5.56 Å². The van der Waals surface area contributed by atoms with Gasteiger partial charge in [-0.05, 0) is 109 Å². The molecule has 57 heavy (non-hydrogen) atoms. The third-order valence-electron chi connectivity index (χ3n) is 11.8. The van der Waals surface area contributed by atoms with E-state index in [-0.39, 0.29) is 23.6 Å². The van der Waals surface area contributed by atoms with Gasteiger partial charge in [0, 0.05) is 87.6 Å². The fourth-order valence-corrected chi connectivity index (χ4v) is 8.37. The first-order valence-electron chi connectivity index (χ1n) is 19.6. The SMILES string of the molecule is Cc1cccc(OC(=O)N2CCc3cc(-c4cc(C(=O)N(C)c5ccc(O)cc5)c(C)n4C)c(C(=O)N4Cc5ccccc5C[C@H]4CN4CCOCC4)cc3C2)c1. The van der Waals surface area contributed by atoms with Crippen molar-refractivity contribution in [2.45, 2.75) is 45.8 Å². The molecule has 0 radical (unpaired) electrons. The van der Waals surface area contributed by atoms with E-state index in [1.54, 1.807) is 47.2 Å². The topological polar surface area (TPSA) is 108 Å². The maximum absolute atomic E-state index is 15.4. The van der Waals surface area contributed by atoms with Crippen molar-refractivity contribution in [1.82, 2.24) is 19.3 Å². The van der Waals surface area contributed by atoms with E-state index in [1.807, 2.05) is 66.8 Å². The van der Waals surface area contributed by atoms with Crippen LogP contribution in [0.1, 0.15) is 54.2 Å². The number of aromatic hydroxyl groups is 1. The molecule has 1 atom stereocenters. The summed E-state index contributed by atoms with van der Waals surface area (Å²) in [6, 6.07) is 28.2. The summed E-state index contributed by atoms with van der Waals surface area (Å²) in [6.07, 6.45) is 0.888. The number of carbonyl (C=O) groups is 3. The van der Waals surface area contributed by atoms with Gasteiger partial charge >= 0.3 is 6.09 Å². The highest BCUT2D eigenvalue weighted by Crippen LogP contribution is 2.36. The number of fused-ring (bicyclic) bond motifs is 2. The summed E-state index contributed by atoms with van der Waals surface area (Å²) in [7, 11) is 3.64. The second kappa shape index (κ2) is 15.9. The Labute approximate surface area is 333 Å². The molecule has 11 nitrogen and oxygen atoms in total. The minimum atomic E-state index is -0.430. The van der Waals surface area contributed by atoms with Gasteiger partial charge in [0.15, 0.2) is 0 Å². The van der Waals surface area contributed by atoms with Crippen LogP contribution in [0.25, 0.3) is 11.3 Å². The van der Waals surface area contributed by atoms with Crippen molar-refractivity contribution >= 4 is 23.6 Å². The molecule has 1 N–H and O–H groups in total. The van der Waals surface area contributed by atoms with Gasteiger partial charge in [-0.15, -0.1) is 0 Å². The number of phenols is 1. The molecule has 0 spiro atoms. The monoisotopic (exact) mass is 767 g/mol. The van der Waals surface area contributed by atoms with Crippen molar-refractivity contribution in [1.29, 1.82) is 0 Å². The lowest BCUT2D eigenvalue weighted by Gasteiger charge is -2.41. The third kappa shape index (κ3) is 7.77. The highest BCUT2D eigenvalue weighted by molar-refractivity contribution is 6.08. The van der Waals surface area contributed by atoms with Crippen LogP contribution in [0.4, 0.5) is 10.5 Å². The van der Waals surface area contributed by atoms with E-state index in [9.17, 15) is 14.7 Å². The zero-order valence-electron chi connectivity index (χ0n) is 33.0. The maximum Gasteiger partial charge on any atom is 0.415 e. The van der Waals surface area contributed by atoms with Crippen LogP contribution >= 0.6 is 0 Å². The van der Waals surface area contributed by atoms with Gasteiger partial charge in [-0.25, -0.2) is 4.79 Å². The van der Waals surface area contributed by atoms with Gasteiger partial charge in [-0.1, -0.05) is 36.4 Å². The first-order chi connectivity index (χ1) is 27.5. The van der Waals surface area contributed by atoms with Crippen LogP contribution in [0.2, 0.25) is 0 Å². The Morgan fingerprint density at radius 3 is 2.33 bits per heavy atom. The van der Waals surface area contributed by atoms with Gasteiger partial charge in [0.1, 0.15) is 11.5 Å². The lowest BCUT2D eigenvalue weighted by Crippen LogP contribution is -2.52. The Kier molecular flexibility index (Phi) is 10.6. The lowest BCUT2D eigenvalue weighted by molar-refractivity contribution is 0.0193. The van der Waals surface area contributed by atoms with Gasteiger partial charge in [0.05, 0.1) is 18.8 Å². The number of phenolic OH excluding ortho intramolecular Hbond substituents is 1. The number of aryl methyl sites for hydroxylation is 1. The predicted molar refractivity (Wildman–Crippen MR) is 219 cm³/mol. The number of ether oxygens (including phenoxy) is 2. The zero-order valence-corrected chi connectivity index (χ0v) is 33.0. The predicted octanol–water partition coefficient (Wildman–Crippen LogP) is 6.75. The van der Waals surface area contributed by atoms with Crippen LogP contribution in [0.3, 0.4) is 0 Å². The van der Waals surface area contributed by atoms with Crippen LogP contribution in [0.5, 0.6) is 11.5 Å². The van der Waals surface area contributed by atoms with Gasteiger partial charge in [-0.3, -0.25) is 14.5 Å². The van der Waals surface area contributed by atoms with E-state index in [0.717, 1.165) is 65.3 Å². The number of rotatable bonds is 7. The average Bonchev–Trinajstić information content (AvgIpc) is 3.52. The molecule has 1 saturated heterocycles. The Morgan fingerprint density at radius 1 is 0.825 bits per heavy atom. The molecule has 1 aromatic heterocycles. The van der Waals surface area contributed by atoms with Crippen LogP contribution < -0.4 is 9.64 Å². The van der Waals surface area contributed by atoms with Crippen LogP contribution in [-0.4, -0.2) is 94.8 Å². The van der Waals surface area contributed by atoms with Crippen molar-refractivity contribution in [3.63, 3.8) is 0 Å². The zero-order chi connectivity index (χ0) is 39.8. The number of benzene rings is 4. The molecule has 3 aliphatic heterocycles. The van der Waals surface area contributed by atoms with Gasteiger partial charge in [0.25, 0.3) is 11.8 Å². The number of hydrogen-bond acceptors (Lipinski definition) is 7. The summed E-state index contributed by atoms with van der Waals surface area (Å²) >= 11 is 0. The summed E-state index contributed by atoms with van der Waals surface area (Å²) in [5.74, 6) is 0.326. The summed E-state index contributed by atoms with van der Waals surface area (Å²) in [5, 5.41) is 9.84. The van der Waals surface area contributed by atoms with Crippen molar-refractivity contribution in [3.05, 3.63) is 136 Å². The molecule has 294 valence electrons. The Bertz CT molecular complexity index is 2330. The number of anilines is 1. The molecule has 11 heteroatoms. The molecule has 0 unspecified atom stereocenters. The first kappa shape index (κ1) is 38.0. The van der Waals surface area contributed by atoms with E-state index in [4.69, 9.17) is 9.47 Å². The molecule has 4 aromatic carbocycles. The van der Waals surface area contributed by atoms with Crippen LogP contribution in [0.15, 0.2) is 91.0 Å². The number of amides is 3. The van der Waals surface area contributed by atoms with Crippen molar-refractivity contribution in [3.8, 4) is 22.8 Å². The molecule has 3 amide bonds. The van der Waals surface area contributed by atoms with Gasteiger partial charge in [-0.2, -0.15) is 0 Å². The molecular weight excluding hydrogens is 719 g/mol. The second-order valence-electron chi connectivity index (χ2n) is 15.5. The van der Waals surface area contributed by atoms with Crippen molar-refractivity contribution < 1.29 is 29.0 Å². The minimum Gasteiger partial charge on any atom is -0.508 e. The van der Waals surface area contributed by atoms with E-state index in [0.29, 0.717) is 61.8 Å². The summed E-state index contributed by atoms with van der Waals surface area (Å²) in [5.41, 5.74) is 9.28. The number of hydrogen-bond donors (Lipinski definition) is 1. The molecule has 1 fully saturated rings. The molecule has 3 aliphatic rings. The summed E-state index contributed by atoms with van der Waals surface area (Å²) in [4.78, 5) is 50.6. The smallest absolute Gasteiger partial charge is 0.415 e. The average molecular weight is 768 g/mol. The van der Waals surface area contributed by atoms with Crippen molar-refractivity contribution in [2.75, 3.05) is 51.3 Å². The summed E-state index contributed by atoms with van der Waals surface area (Å²) < 4.78 is 13.4. The third-order valence-corrected chi connectivity index (χ3v) is 11.8. The Balaban J connectivity index is 1.19. The quantitative estimate of drug-likeness (QED) is 0.195. The van der Waals surface area contributed by atoms with E-state index in [2.05, 4.69) is 29.2 Å². The van der Waals surface area contributed by atoms with Crippen LogP contribution in [-0.2, 0) is 37.7 Å². The molecule has 5 aromatic rings. The number of nitrogens with zero attached hydrogens (tertiary/aromatic N) is 5. The van der Waals surface area contributed by atoms with E-state index >= 15 is 4.79 Å². The fourth-order valence-electron chi connectivity index (χ4n) is 8.37. The molecular formula is C46H49N5O6. The Morgan fingerprint density at radius 2 is 1.58 bits per heavy atom. The standard InChI is InChI=1S/C46H49N5O6/c1-30-8-7-11-39(22-30)57-46(55)50-17-16-33-24-41(43-26-40(31(2)47(43)3)44(53)48(4)36-12-14-38(52)15-13-36)42(25-35(33)27-50)45(54)51-28-34-10-6-5-9-32(34)23-37(51)29-49-18-20-56-21-19-49/h5-15,22,24-26,37,52H,16-21,23,27-29H2,1-4H3/t37-/m0/s1. The normalized spacial score (nSPS) is 16.8. The highest BCUT2D eigenvalue weighted by atomic mass is 16.6. The molecule has 0 bridgehead atoms. The second-order valence-corrected chi connectivity index (χ2v) is 15.5. The fraction of sp³-hybridized carbons (Fsp3) is 0.326.